The van der Waals surface area contributed by atoms with Crippen LogP contribution < -0.4 is 10.1 Å². The van der Waals surface area contributed by atoms with Crippen molar-refractivity contribution in [2.24, 2.45) is 0 Å². The summed E-state index contributed by atoms with van der Waals surface area (Å²) in [5.74, 6) is -0.198. The van der Waals surface area contributed by atoms with Gasteiger partial charge in [0.2, 0.25) is 5.91 Å². The highest BCUT2D eigenvalue weighted by atomic mass is 19.1. The molecular weight excluding hydrogens is 395 g/mol. The molecule has 0 aliphatic heterocycles. The van der Waals surface area contributed by atoms with Crippen LogP contribution in [0.15, 0.2) is 36.4 Å². The maximum Gasteiger partial charge on any atom is 0.261 e. The van der Waals surface area contributed by atoms with Crippen molar-refractivity contribution < 1.29 is 18.7 Å². The monoisotopic (exact) mass is 428 g/mol. The fraction of sp³-hybridized carbons (Fsp3) is 0.440. The second kappa shape index (κ2) is 10.9. The van der Waals surface area contributed by atoms with E-state index in [0.717, 1.165) is 22.3 Å². The molecule has 0 saturated carbocycles. The molecule has 2 amide bonds. The molecule has 5 nitrogen and oxygen atoms in total. The lowest BCUT2D eigenvalue weighted by molar-refractivity contribution is -0.143. The Labute approximate surface area is 184 Å². The van der Waals surface area contributed by atoms with Crippen molar-refractivity contribution in [2.45, 2.75) is 66.6 Å². The zero-order chi connectivity index (χ0) is 23.1. The number of nitrogens with one attached hydrogen (secondary N) is 1. The van der Waals surface area contributed by atoms with Crippen molar-refractivity contribution >= 4 is 11.8 Å². The van der Waals surface area contributed by atoms with E-state index in [1.54, 1.807) is 12.1 Å². The molecule has 0 aliphatic rings. The molecule has 1 atom stereocenters. The number of amides is 2. The van der Waals surface area contributed by atoms with Gasteiger partial charge in [0, 0.05) is 12.6 Å². The van der Waals surface area contributed by atoms with Crippen LogP contribution in [-0.2, 0) is 16.1 Å². The van der Waals surface area contributed by atoms with Crippen LogP contribution in [0.2, 0.25) is 0 Å². The van der Waals surface area contributed by atoms with Crippen LogP contribution >= 0.6 is 0 Å². The lowest BCUT2D eigenvalue weighted by atomic mass is 10.1. The number of hydrogen-bond donors (Lipinski definition) is 1. The third-order valence-electron chi connectivity index (χ3n) is 5.20. The summed E-state index contributed by atoms with van der Waals surface area (Å²) in [6, 6.07) is 9.22. The van der Waals surface area contributed by atoms with E-state index in [2.05, 4.69) is 11.4 Å². The van der Waals surface area contributed by atoms with Gasteiger partial charge in [-0.15, -0.1) is 0 Å². The van der Waals surface area contributed by atoms with Gasteiger partial charge >= 0.3 is 0 Å². The minimum atomic E-state index is -0.649. The molecule has 0 unspecified atom stereocenters. The smallest absolute Gasteiger partial charge is 0.261 e. The predicted octanol–water partition coefficient (Wildman–Crippen LogP) is 4.46. The average Bonchev–Trinajstić information content (AvgIpc) is 2.70. The van der Waals surface area contributed by atoms with E-state index < -0.39 is 6.04 Å². The molecule has 0 bridgehead atoms. The van der Waals surface area contributed by atoms with Gasteiger partial charge in [-0.1, -0.05) is 25.1 Å². The Bertz CT molecular complexity index is 910. The first-order valence-corrected chi connectivity index (χ1v) is 10.7. The molecule has 0 spiro atoms. The molecule has 31 heavy (non-hydrogen) atoms. The fourth-order valence-corrected chi connectivity index (χ4v) is 3.46. The third kappa shape index (κ3) is 6.81. The number of benzene rings is 2. The van der Waals surface area contributed by atoms with Crippen molar-refractivity contribution in [1.82, 2.24) is 10.2 Å². The zero-order valence-corrected chi connectivity index (χ0v) is 19.3. The van der Waals surface area contributed by atoms with Crippen LogP contribution in [0.3, 0.4) is 0 Å². The first-order valence-electron chi connectivity index (χ1n) is 10.7. The van der Waals surface area contributed by atoms with Gasteiger partial charge in [0.25, 0.3) is 5.91 Å². The lowest BCUT2D eigenvalue weighted by Crippen LogP contribution is -2.51. The summed E-state index contributed by atoms with van der Waals surface area (Å²) < 4.78 is 19.2. The maximum absolute atomic E-state index is 13.3. The Hall–Kier alpha value is -2.89. The lowest BCUT2D eigenvalue weighted by Gasteiger charge is -2.31. The molecule has 0 radical (unpaired) electrons. The second-order valence-corrected chi connectivity index (χ2v) is 8.23. The van der Waals surface area contributed by atoms with E-state index in [1.165, 1.54) is 17.0 Å². The molecule has 1 N–H and O–H groups in total. The highest BCUT2D eigenvalue weighted by Gasteiger charge is 2.29. The largest absolute Gasteiger partial charge is 0.483 e. The summed E-state index contributed by atoms with van der Waals surface area (Å²) in [7, 11) is 0. The molecule has 2 rings (SSSR count). The number of carbonyl (C=O) groups is 2. The summed E-state index contributed by atoms with van der Waals surface area (Å²) in [5, 5.41) is 2.89. The quantitative estimate of drug-likeness (QED) is 0.641. The van der Waals surface area contributed by atoms with E-state index >= 15 is 0 Å². The highest BCUT2D eigenvalue weighted by Crippen LogP contribution is 2.23. The molecule has 0 heterocycles. The third-order valence-corrected chi connectivity index (χ3v) is 5.20. The number of halogens is 1. The molecule has 0 fully saturated rings. The zero-order valence-electron chi connectivity index (χ0n) is 19.3. The number of nitrogens with zero attached hydrogens (tertiary/aromatic N) is 1. The van der Waals surface area contributed by atoms with Crippen molar-refractivity contribution in [2.75, 3.05) is 6.61 Å². The van der Waals surface area contributed by atoms with Gasteiger partial charge in [0.1, 0.15) is 17.6 Å². The Balaban J connectivity index is 2.26. The predicted molar refractivity (Wildman–Crippen MR) is 120 cm³/mol. The van der Waals surface area contributed by atoms with Gasteiger partial charge < -0.3 is 15.0 Å². The Morgan fingerprint density at radius 1 is 1.10 bits per heavy atom. The van der Waals surface area contributed by atoms with E-state index in [-0.39, 0.29) is 36.8 Å². The van der Waals surface area contributed by atoms with E-state index in [9.17, 15) is 14.0 Å². The summed E-state index contributed by atoms with van der Waals surface area (Å²) >= 11 is 0. The van der Waals surface area contributed by atoms with Crippen LogP contribution in [0.4, 0.5) is 4.39 Å². The van der Waals surface area contributed by atoms with Crippen LogP contribution in [0, 0.1) is 26.6 Å². The van der Waals surface area contributed by atoms with Gasteiger partial charge in [-0.05, 0) is 81.5 Å². The number of aryl methyl sites for hydroxylation is 2. The van der Waals surface area contributed by atoms with Gasteiger partial charge in [0.15, 0.2) is 6.61 Å². The fourth-order valence-electron chi connectivity index (χ4n) is 3.46. The van der Waals surface area contributed by atoms with Crippen molar-refractivity contribution in [3.63, 3.8) is 0 Å². The number of rotatable bonds is 9. The maximum atomic E-state index is 13.3. The van der Waals surface area contributed by atoms with Gasteiger partial charge in [0.05, 0.1) is 0 Å². The highest BCUT2D eigenvalue weighted by molar-refractivity contribution is 5.88. The average molecular weight is 429 g/mol. The number of hydrogen-bond acceptors (Lipinski definition) is 3. The van der Waals surface area contributed by atoms with Gasteiger partial charge in [-0.25, -0.2) is 4.39 Å². The molecule has 0 aliphatic carbocycles. The Morgan fingerprint density at radius 2 is 1.74 bits per heavy atom. The van der Waals surface area contributed by atoms with Crippen molar-refractivity contribution in [3.05, 3.63) is 64.5 Å². The SMILES string of the molecule is CC[C@@H](C(=O)NC(C)C)N(Cc1ccc(F)cc1)C(=O)COc1cc(C)cc(C)c1C. The van der Waals surface area contributed by atoms with Crippen LogP contribution in [0.1, 0.15) is 49.4 Å². The minimum Gasteiger partial charge on any atom is -0.483 e. The Morgan fingerprint density at radius 3 is 2.32 bits per heavy atom. The van der Waals surface area contributed by atoms with Gasteiger partial charge in [-0.2, -0.15) is 0 Å². The normalized spacial score (nSPS) is 11.9. The summed E-state index contributed by atoms with van der Waals surface area (Å²) in [4.78, 5) is 27.5. The summed E-state index contributed by atoms with van der Waals surface area (Å²) in [5.41, 5.74) is 3.87. The van der Waals surface area contributed by atoms with Crippen LogP contribution in [-0.4, -0.2) is 35.4 Å². The molecule has 168 valence electrons. The summed E-state index contributed by atoms with van der Waals surface area (Å²) in [6.45, 7) is 11.6. The second-order valence-electron chi connectivity index (χ2n) is 8.23. The first kappa shape index (κ1) is 24.4. The standard InChI is InChI=1S/C25H33FN2O3/c1-7-22(25(30)27-16(2)3)28(14-20-8-10-21(26)11-9-20)24(29)15-31-23-13-17(4)12-18(5)19(23)6/h8-13,16,22H,7,14-15H2,1-6H3,(H,27,30)/t22-/m0/s1. The van der Waals surface area contributed by atoms with Crippen molar-refractivity contribution in [1.29, 1.82) is 0 Å². The topological polar surface area (TPSA) is 58.6 Å². The van der Waals surface area contributed by atoms with Crippen LogP contribution in [0.25, 0.3) is 0 Å². The Kier molecular flexibility index (Phi) is 8.60. The molecular formula is C25H33FN2O3. The van der Waals surface area contributed by atoms with Gasteiger partial charge in [-0.3, -0.25) is 9.59 Å². The minimum absolute atomic E-state index is 0.0431. The summed E-state index contributed by atoms with van der Waals surface area (Å²) in [6.07, 6.45) is 0.452. The number of ether oxygens (including phenoxy) is 1. The van der Waals surface area contributed by atoms with E-state index in [0.29, 0.717) is 12.2 Å². The van der Waals surface area contributed by atoms with E-state index in [1.807, 2.05) is 47.6 Å². The molecule has 2 aromatic carbocycles. The molecule has 6 heteroatoms. The van der Waals surface area contributed by atoms with E-state index in [4.69, 9.17) is 4.74 Å². The molecule has 0 saturated heterocycles. The first-order chi connectivity index (χ1) is 14.6. The molecule has 0 aromatic heterocycles. The van der Waals surface area contributed by atoms with Crippen LogP contribution in [0.5, 0.6) is 5.75 Å². The molecule has 2 aromatic rings. The van der Waals surface area contributed by atoms with Crippen molar-refractivity contribution in [3.8, 4) is 5.75 Å². The number of carbonyl (C=O) groups excluding carboxylic acids is 2.